The fourth-order valence-corrected chi connectivity index (χ4v) is 11.6. The van der Waals surface area contributed by atoms with Crippen molar-refractivity contribution in [3.8, 4) is 11.5 Å². The third-order valence-corrected chi connectivity index (χ3v) is 14.5. The fourth-order valence-electron chi connectivity index (χ4n) is 9.36. The number of nitrogens with one attached hydrogen (secondary N) is 1. The molecule has 0 radical (unpaired) electrons. The van der Waals surface area contributed by atoms with Crippen molar-refractivity contribution in [3.05, 3.63) is 131 Å². The molecule has 2 bridgehead atoms. The zero-order valence-electron chi connectivity index (χ0n) is 35.0. The van der Waals surface area contributed by atoms with Gasteiger partial charge < -0.3 is 0 Å². The van der Waals surface area contributed by atoms with Crippen LogP contribution in [-0.4, -0.2) is 110 Å². The standard InChI is InChI=1S/C46H59BNO10P/c1-31-27-39(51-4)40(55-31)28-54-59(5,57-41(38-17-12-26-48-38)32-13-8-6-9-14-32)58-43-42-44(47)56-45(43,29-52-42)30-53-46(33-15-10-7-11-16-33,34-18-22-36(49-2)23-19-34)35-20-24-37(50-3)25-21-35/h6-11,13-16,18-25,31,38-44,48,59H,12,17,26-30,47H2,1-5H3/t31-,38-,39?,40+,41+,42-,43?,44+,45-/m0/s1. The van der Waals surface area contributed by atoms with Gasteiger partial charge >= 0.3 is 351 Å². The van der Waals surface area contributed by atoms with Gasteiger partial charge in [0.15, 0.2) is 0 Å². The van der Waals surface area contributed by atoms with Crippen LogP contribution in [0, 0.1) is 0 Å². The molecule has 0 aliphatic carbocycles. The Morgan fingerprint density at radius 2 is 1.49 bits per heavy atom. The van der Waals surface area contributed by atoms with Crippen LogP contribution in [0.25, 0.3) is 0 Å². The van der Waals surface area contributed by atoms with Gasteiger partial charge in [-0.3, -0.25) is 0 Å². The first kappa shape index (κ1) is 42.3. The predicted octanol–water partition coefficient (Wildman–Crippen LogP) is 6.37. The second-order valence-electron chi connectivity index (χ2n) is 16.3. The van der Waals surface area contributed by atoms with Gasteiger partial charge in [0.1, 0.15) is 0 Å². The van der Waals surface area contributed by atoms with Gasteiger partial charge in [-0.25, -0.2) is 0 Å². The molecule has 0 amide bonds. The van der Waals surface area contributed by atoms with Crippen molar-refractivity contribution < 1.29 is 46.7 Å². The summed E-state index contributed by atoms with van der Waals surface area (Å²) in [7, 11) is 3.51. The summed E-state index contributed by atoms with van der Waals surface area (Å²) in [6, 6.07) is 36.5. The molecule has 4 heterocycles. The summed E-state index contributed by atoms with van der Waals surface area (Å²) < 4.78 is 65.9. The van der Waals surface area contributed by atoms with Gasteiger partial charge in [0.05, 0.1) is 0 Å². The van der Waals surface area contributed by atoms with Crippen LogP contribution in [0.1, 0.15) is 54.5 Å². The molecule has 0 saturated carbocycles. The third-order valence-electron chi connectivity index (χ3n) is 12.4. The fraction of sp³-hybridized carbons (Fsp3) is 0.478. The van der Waals surface area contributed by atoms with E-state index in [9.17, 15) is 0 Å². The van der Waals surface area contributed by atoms with E-state index in [4.69, 9.17) is 46.7 Å². The Morgan fingerprint density at radius 3 is 2.07 bits per heavy atom. The average molecular weight is 828 g/mol. The van der Waals surface area contributed by atoms with Crippen LogP contribution in [0.4, 0.5) is 0 Å². The maximum atomic E-state index is 7.47. The Bertz CT molecular complexity index is 1890. The monoisotopic (exact) mass is 827 g/mol. The van der Waals surface area contributed by atoms with Gasteiger partial charge in [0, 0.05) is 0 Å². The molecule has 13 heteroatoms. The van der Waals surface area contributed by atoms with Crippen molar-refractivity contribution in [1.82, 2.24) is 5.32 Å². The van der Waals surface area contributed by atoms with E-state index in [1.807, 2.05) is 63.0 Å². The Morgan fingerprint density at radius 1 is 0.864 bits per heavy atom. The van der Waals surface area contributed by atoms with Crippen LogP contribution in [0.15, 0.2) is 109 Å². The van der Waals surface area contributed by atoms with Crippen molar-refractivity contribution in [2.75, 3.05) is 54.4 Å². The van der Waals surface area contributed by atoms with E-state index in [2.05, 4.69) is 72.9 Å². The molecule has 4 aromatic carbocycles. The molecule has 2 unspecified atom stereocenters. The number of fused-ring (bicyclic) bond motifs is 2. The molecule has 0 spiro atoms. The summed E-state index contributed by atoms with van der Waals surface area (Å²) in [5.41, 5.74) is 1.79. The molecule has 4 fully saturated rings. The summed E-state index contributed by atoms with van der Waals surface area (Å²) in [4.78, 5) is 0. The first-order valence-electron chi connectivity index (χ1n) is 20.9. The van der Waals surface area contributed by atoms with Gasteiger partial charge in [-0.1, -0.05) is 0 Å². The minimum absolute atomic E-state index is 0.0538. The molecule has 4 aliphatic heterocycles. The SMILES string of the molecule is B[C@@H]1O[C@]2(COC(c3ccccc3)(c3ccc(OC)cc3)c3ccc(OC)cc3)CO[C@H]1C2O[PH](C)(OC[C@H]1O[C@@H](C)CC1OC)O[C@H](c1ccccc1)[C@@H]1CCCN1. The molecule has 0 aromatic heterocycles. The van der Waals surface area contributed by atoms with Crippen LogP contribution < -0.4 is 14.8 Å². The Balaban J connectivity index is 1.16. The van der Waals surface area contributed by atoms with E-state index in [0.29, 0.717) is 0 Å². The summed E-state index contributed by atoms with van der Waals surface area (Å²) in [6.07, 6.45) is 1.28. The molecular weight excluding hydrogens is 768 g/mol. The van der Waals surface area contributed by atoms with Crippen LogP contribution >= 0.6 is 7.94 Å². The van der Waals surface area contributed by atoms with Gasteiger partial charge in [0.2, 0.25) is 0 Å². The number of benzene rings is 4. The van der Waals surface area contributed by atoms with Crippen molar-refractivity contribution in [2.45, 2.75) is 86.1 Å². The van der Waals surface area contributed by atoms with Gasteiger partial charge in [-0.15, -0.1) is 0 Å². The summed E-state index contributed by atoms with van der Waals surface area (Å²) in [5, 5.41) is 3.69. The quantitative estimate of drug-likeness (QED) is 0.0688. The Kier molecular flexibility index (Phi) is 13.1. The Labute approximate surface area is 350 Å². The van der Waals surface area contributed by atoms with E-state index >= 15 is 0 Å². The van der Waals surface area contributed by atoms with Gasteiger partial charge in [-0.05, 0) is 0 Å². The predicted molar refractivity (Wildman–Crippen MR) is 230 cm³/mol. The molecule has 4 aliphatic rings. The molecule has 316 valence electrons. The molecule has 1 N–H and O–H groups in total. The second-order valence-corrected chi connectivity index (χ2v) is 18.8. The third kappa shape index (κ3) is 8.73. The first-order valence-corrected chi connectivity index (χ1v) is 23.2. The zero-order chi connectivity index (χ0) is 41.0. The van der Waals surface area contributed by atoms with E-state index in [0.717, 1.165) is 59.6 Å². The molecular formula is C46H59BNO10P. The van der Waals surface area contributed by atoms with Crippen LogP contribution in [0.2, 0.25) is 0 Å². The van der Waals surface area contributed by atoms with E-state index in [1.165, 1.54) is 0 Å². The maximum absolute atomic E-state index is 7.47. The normalized spacial score (nSPS) is 28.8. The molecule has 4 saturated heterocycles. The van der Waals surface area contributed by atoms with Crippen LogP contribution in [0.5, 0.6) is 11.5 Å². The number of ether oxygens (including phenoxy) is 7. The first-order chi connectivity index (χ1) is 28.7. The number of methoxy groups -OCH3 is 3. The number of rotatable bonds is 18. The Hall–Kier alpha value is -3.39. The van der Waals surface area contributed by atoms with E-state index < -0.39 is 25.2 Å². The topological polar surface area (TPSA) is 104 Å². The zero-order valence-corrected chi connectivity index (χ0v) is 36.0. The van der Waals surface area contributed by atoms with Crippen molar-refractivity contribution in [1.29, 1.82) is 0 Å². The summed E-state index contributed by atoms with van der Waals surface area (Å²) in [6.45, 7) is 5.66. The minimum atomic E-state index is -3.59. The molecule has 4 aromatic rings. The van der Waals surface area contributed by atoms with Gasteiger partial charge in [0.25, 0.3) is 0 Å². The van der Waals surface area contributed by atoms with Crippen molar-refractivity contribution in [2.24, 2.45) is 0 Å². The molecule has 59 heavy (non-hydrogen) atoms. The van der Waals surface area contributed by atoms with E-state index in [1.54, 1.807) is 21.3 Å². The molecule has 8 rings (SSSR count). The van der Waals surface area contributed by atoms with Gasteiger partial charge in [-0.2, -0.15) is 0 Å². The van der Waals surface area contributed by atoms with Crippen LogP contribution in [0.3, 0.4) is 0 Å². The van der Waals surface area contributed by atoms with Crippen molar-refractivity contribution >= 4 is 15.8 Å². The second kappa shape index (κ2) is 18.3. The molecule has 11 nitrogen and oxygen atoms in total. The van der Waals surface area contributed by atoms with Crippen LogP contribution in [-0.2, 0) is 42.9 Å². The van der Waals surface area contributed by atoms with Crippen molar-refractivity contribution in [3.63, 3.8) is 0 Å². The number of hydrogen-bond donors (Lipinski definition) is 1. The van der Waals surface area contributed by atoms with E-state index in [-0.39, 0.29) is 62.4 Å². The summed E-state index contributed by atoms with van der Waals surface area (Å²) in [5.74, 6) is 1.50. The summed E-state index contributed by atoms with van der Waals surface area (Å²) >= 11 is 0. The molecule has 9 atom stereocenters. The average Bonchev–Trinajstić information content (AvgIpc) is 4.07. The number of hydrogen-bond acceptors (Lipinski definition) is 11.